The van der Waals surface area contributed by atoms with Gasteiger partial charge < -0.3 is 14.1 Å². The molecule has 0 saturated carbocycles. The number of nitrogens with zero attached hydrogens (tertiary/aromatic N) is 1. The van der Waals surface area contributed by atoms with Crippen LogP contribution >= 0.6 is 0 Å². The summed E-state index contributed by atoms with van der Waals surface area (Å²) in [5, 5.41) is 0. The van der Waals surface area contributed by atoms with Crippen molar-refractivity contribution in [2.45, 2.75) is 0 Å². The van der Waals surface area contributed by atoms with E-state index in [1.807, 2.05) is 19.0 Å². The summed E-state index contributed by atoms with van der Waals surface area (Å²) in [5.41, 5.74) is 1.21. The quantitative estimate of drug-likeness (QED) is 0.840. The maximum atomic E-state index is 10.9. The van der Waals surface area contributed by atoms with Gasteiger partial charge in [-0.1, -0.05) is 0 Å². The molecule has 16 heavy (non-hydrogen) atoms. The highest BCUT2D eigenvalue weighted by molar-refractivity contribution is 5.73. The first-order chi connectivity index (χ1) is 7.65. The van der Waals surface area contributed by atoms with Gasteiger partial charge in [0, 0.05) is 12.6 Å². The van der Waals surface area contributed by atoms with E-state index >= 15 is 0 Å². The predicted molar refractivity (Wildman–Crippen MR) is 60.9 cm³/mol. The molecule has 0 amide bonds. The summed E-state index contributed by atoms with van der Waals surface area (Å²) < 4.78 is 10.4. The molecular weight excluding hydrogens is 208 g/mol. The predicted octanol–water partition coefficient (Wildman–Crippen LogP) is 1.06. The van der Waals surface area contributed by atoms with Gasteiger partial charge in [0.1, 0.15) is 12.4 Å². The van der Waals surface area contributed by atoms with Crippen LogP contribution in [0, 0.1) is 0 Å². The van der Waals surface area contributed by atoms with Crippen LogP contribution in [0.15, 0.2) is 27.4 Å². The largest absolute Gasteiger partial charge is 0.492 e. The molecule has 0 radical (unpaired) electrons. The van der Waals surface area contributed by atoms with Crippen LogP contribution in [0.4, 0.5) is 0 Å². The molecule has 0 unspecified atom stereocenters. The van der Waals surface area contributed by atoms with E-state index in [9.17, 15) is 4.79 Å². The number of fused-ring (bicyclic) bond motifs is 1. The molecule has 1 aromatic carbocycles. The number of aromatic amines is 1. The number of ether oxygens (including phenoxy) is 1. The van der Waals surface area contributed by atoms with E-state index < -0.39 is 5.76 Å². The van der Waals surface area contributed by atoms with Gasteiger partial charge in [0.25, 0.3) is 0 Å². The molecule has 0 spiro atoms. The minimum absolute atomic E-state index is 0.444. The van der Waals surface area contributed by atoms with Gasteiger partial charge >= 0.3 is 5.76 Å². The van der Waals surface area contributed by atoms with Crippen molar-refractivity contribution >= 4 is 11.1 Å². The van der Waals surface area contributed by atoms with E-state index in [4.69, 9.17) is 9.15 Å². The minimum atomic E-state index is -0.444. The Labute approximate surface area is 92.6 Å². The molecule has 0 aliphatic rings. The van der Waals surface area contributed by atoms with Crippen LogP contribution in [0.2, 0.25) is 0 Å². The van der Waals surface area contributed by atoms with E-state index in [-0.39, 0.29) is 0 Å². The molecule has 0 bridgehead atoms. The summed E-state index contributed by atoms with van der Waals surface area (Å²) in [6.07, 6.45) is 0. The molecule has 0 fully saturated rings. The third-order valence-electron chi connectivity index (χ3n) is 2.20. The summed E-state index contributed by atoms with van der Waals surface area (Å²) in [6, 6.07) is 5.27. The maximum absolute atomic E-state index is 10.9. The highest BCUT2D eigenvalue weighted by Gasteiger charge is 2.02. The number of hydrogen-bond donors (Lipinski definition) is 1. The normalized spacial score (nSPS) is 11.2. The fourth-order valence-electron chi connectivity index (χ4n) is 1.37. The molecule has 5 nitrogen and oxygen atoms in total. The second-order valence-electron chi connectivity index (χ2n) is 3.82. The van der Waals surface area contributed by atoms with Crippen molar-refractivity contribution in [3.63, 3.8) is 0 Å². The first-order valence-electron chi connectivity index (χ1n) is 5.05. The molecular formula is C11H14N2O3. The Morgan fingerprint density at radius 2 is 2.25 bits per heavy atom. The van der Waals surface area contributed by atoms with Gasteiger partial charge in [-0.15, -0.1) is 0 Å². The molecule has 0 aliphatic heterocycles. The number of benzene rings is 1. The second kappa shape index (κ2) is 4.40. The third-order valence-corrected chi connectivity index (χ3v) is 2.20. The molecule has 0 saturated heterocycles. The highest BCUT2D eigenvalue weighted by Crippen LogP contribution is 2.17. The SMILES string of the molecule is CN(C)CCOc1ccc2oc(=O)[nH]c2c1. The fourth-order valence-corrected chi connectivity index (χ4v) is 1.37. The lowest BCUT2D eigenvalue weighted by molar-refractivity contribution is 0.261. The first-order valence-corrected chi connectivity index (χ1v) is 5.05. The summed E-state index contributed by atoms with van der Waals surface area (Å²) in [5.74, 6) is 0.284. The van der Waals surface area contributed by atoms with Gasteiger partial charge in [0.2, 0.25) is 0 Å². The van der Waals surface area contributed by atoms with Gasteiger partial charge in [0.15, 0.2) is 5.58 Å². The van der Waals surface area contributed by atoms with E-state index in [2.05, 4.69) is 4.98 Å². The van der Waals surface area contributed by atoms with Crippen LogP contribution in [-0.4, -0.2) is 37.1 Å². The Morgan fingerprint density at radius 1 is 1.44 bits per heavy atom. The molecule has 2 rings (SSSR count). The molecule has 1 N–H and O–H groups in total. The monoisotopic (exact) mass is 222 g/mol. The van der Waals surface area contributed by atoms with Crippen molar-refractivity contribution in [3.8, 4) is 5.75 Å². The van der Waals surface area contributed by atoms with Crippen molar-refractivity contribution in [3.05, 3.63) is 28.7 Å². The molecule has 2 aromatic rings. The zero-order chi connectivity index (χ0) is 11.5. The van der Waals surface area contributed by atoms with Crippen LogP contribution in [-0.2, 0) is 0 Å². The number of oxazole rings is 1. The zero-order valence-electron chi connectivity index (χ0n) is 9.32. The van der Waals surface area contributed by atoms with Crippen molar-refractivity contribution in [1.82, 2.24) is 9.88 Å². The summed E-state index contributed by atoms with van der Waals surface area (Å²) in [4.78, 5) is 15.6. The fraction of sp³-hybridized carbons (Fsp3) is 0.364. The second-order valence-corrected chi connectivity index (χ2v) is 3.82. The van der Waals surface area contributed by atoms with Crippen LogP contribution in [0.5, 0.6) is 5.75 Å². The average Bonchev–Trinajstić information content (AvgIpc) is 2.56. The van der Waals surface area contributed by atoms with E-state index in [1.165, 1.54) is 0 Å². The molecule has 1 heterocycles. The van der Waals surface area contributed by atoms with Gasteiger partial charge in [-0.25, -0.2) is 4.79 Å². The van der Waals surface area contributed by atoms with E-state index in [1.54, 1.807) is 18.2 Å². The number of rotatable bonds is 4. The Hall–Kier alpha value is -1.75. The Morgan fingerprint density at radius 3 is 3.00 bits per heavy atom. The van der Waals surface area contributed by atoms with Crippen molar-refractivity contribution in [2.24, 2.45) is 0 Å². The number of likely N-dealkylation sites (N-methyl/N-ethyl adjacent to an activating group) is 1. The number of nitrogens with one attached hydrogen (secondary N) is 1. The van der Waals surface area contributed by atoms with Crippen molar-refractivity contribution in [1.29, 1.82) is 0 Å². The summed E-state index contributed by atoms with van der Waals surface area (Å²) >= 11 is 0. The standard InChI is InChI=1S/C11H14N2O3/c1-13(2)5-6-15-8-3-4-10-9(7-8)12-11(14)16-10/h3-4,7H,5-6H2,1-2H3,(H,12,14). The lowest BCUT2D eigenvalue weighted by atomic mass is 10.3. The summed E-state index contributed by atoms with van der Waals surface area (Å²) in [6.45, 7) is 1.46. The van der Waals surface area contributed by atoms with Crippen molar-refractivity contribution in [2.75, 3.05) is 27.2 Å². The van der Waals surface area contributed by atoms with E-state index in [0.717, 1.165) is 12.3 Å². The van der Waals surface area contributed by atoms with Gasteiger partial charge in [-0.2, -0.15) is 0 Å². The minimum Gasteiger partial charge on any atom is -0.492 e. The third kappa shape index (κ3) is 2.43. The molecule has 1 aromatic heterocycles. The smallest absolute Gasteiger partial charge is 0.417 e. The molecule has 0 aliphatic carbocycles. The maximum Gasteiger partial charge on any atom is 0.417 e. The zero-order valence-corrected chi connectivity index (χ0v) is 9.32. The van der Waals surface area contributed by atoms with Crippen molar-refractivity contribution < 1.29 is 9.15 Å². The van der Waals surface area contributed by atoms with Crippen LogP contribution in [0.3, 0.4) is 0 Å². The molecule has 0 atom stereocenters. The Balaban J connectivity index is 2.10. The Kier molecular flexibility index (Phi) is 2.96. The number of aromatic nitrogens is 1. The number of H-pyrrole nitrogens is 1. The topological polar surface area (TPSA) is 58.5 Å². The van der Waals surface area contributed by atoms with E-state index in [0.29, 0.717) is 17.7 Å². The molecule has 5 heteroatoms. The van der Waals surface area contributed by atoms with Crippen LogP contribution < -0.4 is 10.5 Å². The van der Waals surface area contributed by atoms with Crippen LogP contribution in [0.25, 0.3) is 11.1 Å². The molecule has 86 valence electrons. The lowest BCUT2D eigenvalue weighted by Crippen LogP contribution is -2.19. The Bertz CT molecular complexity index is 527. The first kappa shape index (κ1) is 10.8. The van der Waals surface area contributed by atoms with Crippen LogP contribution in [0.1, 0.15) is 0 Å². The van der Waals surface area contributed by atoms with Gasteiger partial charge in [-0.3, -0.25) is 4.98 Å². The lowest BCUT2D eigenvalue weighted by Gasteiger charge is -2.10. The van der Waals surface area contributed by atoms with Gasteiger partial charge in [-0.05, 0) is 26.2 Å². The van der Waals surface area contributed by atoms with Gasteiger partial charge in [0.05, 0.1) is 5.52 Å². The number of hydrogen-bond acceptors (Lipinski definition) is 4. The highest BCUT2D eigenvalue weighted by atomic mass is 16.5. The summed E-state index contributed by atoms with van der Waals surface area (Å²) in [7, 11) is 3.97. The average molecular weight is 222 g/mol.